The molecule has 1 amide bonds. The van der Waals surface area contributed by atoms with Crippen molar-refractivity contribution in [2.75, 3.05) is 45.1 Å². The van der Waals surface area contributed by atoms with E-state index < -0.39 is 11.1 Å². The Bertz CT molecular complexity index is 1270. The van der Waals surface area contributed by atoms with Crippen molar-refractivity contribution in [1.29, 1.82) is 0 Å². The highest BCUT2D eigenvalue weighted by atomic mass is 35.5. The van der Waals surface area contributed by atoms with Crippen molar-refractivity contribution in [1.82, 2.24) is 30.5 Å². The van der Waals surface area contributed by atoms with Gasteiger partial charge in [-0.25, -0.2) is 0 Å². The number of thioether (sulfide) groups is 1. The molecule has 1 unspecified atom stereocenters. The summed E-state index contributed by atoms with van der Waals surface area (Å²) in [6, 6.07) is 2.70. The third kappa shape index (κ3) is 6.46. The molecule has 5 heterocycles. The number of carboxylic acids is 1. The molecule has 1 aromatic heterocycles. The normalized spacial score (nSPS) is 26.9. The van der Waals surface area contributed by atoms with E-state index in [0.29, 0.717) is 42.4 Å². The zero-order valence-electron chi connectivity index (χ0n) is 23.6. The molecule has 2 saturated heterocycles. The van der Waals surface area contributed by atoms with Gasteiger partial charge in [0, 0.05) is 56.9 Å². The summed E-state index contributed by atoms with van der Waals surface area (Å²) in [5, 5.41) is 17.2. The van der Waals surface area contributed by atoms with Crippen LogP contribution in [0.2, 0.25) is 5.02 Å². The quantitative estimate of drug-likeness (QED) is 0.285. The lowest BCUT2D eigenvalue weighted by atomic mass is 9.94. The molecule has 1 atom stereocenters. The van der Waals surface area contributed by atoms with Crippen LogP contribution in [0.5, 0.6) is 0 Å². The number of carbonyl (C=O) groups is 2. The molecule has 0 spiro atoms. The minimum atomic E-state index is -0.984. The van der Waals surface area contributed by atoms with Crippen LogP contribution >= 0.6 is 46.3 Å². The topological polar surface area (TPSA) is 91.4 Å². The molecule has 1 aliphatic carbocycles. The van der Waals surface area contributed by atoms with Gasteiger partial charge in [0.05, 0.1) is 32.3 Å². The van der Waals surface area contributed by atoms with Gasteiger partial charge in [0.2, 0.25) is 0 Å². The summed E-state index contributed by atoms with van der Waals surface area (Å²) in [4.78, 5) is 32.9. The largest absolute Gasteiger partial charge is 0.481 e. The van der Waals surface area contributed by atoms with Crippen molar-refractivity contribution in [2.24, 2.45) is 5.92 Å². The number of likely N-dealkylation sites (tertiary alicyclic amines) is 1. The first kappa shape index (κ1) is 30.1. The number of piperidine rings is 1. The van der Waals surface area contributed by atoms with Crippen LogP contribution in [-0.4, -0.2) is 93.0 Å². The second kappa shape index (κ2) is 13.0. The van der Waals surface area contributed by atoms with Crippen molar-refractivity contribution in [3.63, 3.8) is 0 Å². The SMILES string of the molecule is O=C(NN1CSC(N2CCN(C3CCCCC3)CC2)=C1c1cc(Cl)cs1)C1=CNC(Cl)(N2CCC(C(=O)O)CC2)C=C1. The molecular formula is C29H38Cl2N6O3S2. The summed E-state index contributed by atoms with van der Waals surface area (Å²) in [6.45, 7) is 5.21. The molecule has 6 rings (SSSR count). The Hall–Kier alpha value is -1.89. The number of piperazine rings is 1. The number of amides is 1. The molecule has 0 radical (unpaired) electrons. The van der Waals surface area contributed by atoms with Crippen LogP contribution in [-0.2, 0) is 9.59 Å². The molecule has 0 aromatic carbocycles. The minimum absolute atomic E-state index is 0.230. The number of rotatable bonds is 7. The lowest BCUT2D eigenvalue weighted by Crippen LogP contribution is -2.56. The summed E-state index contributed by atoms with van der Waals surface area (Å²) >= 11 is 16.5. The van der Waals surface area contributed by atoms with E-state index >= 15 is 0 Å². The predicted octanol–water partition coefficient (Wildman–Crippen LogP) is 4.75. The molecule has 5 aliphatic rings. The Morgan fingerprint density at radius 2 is 1.79 bits per heavy atom. The molecule has 4 aliphatic heterocycles. The number of hydrogen-bond donors (Lipinski definition) is 3. The standard InChI is InChI=1S/C29H38Cl2N6O3S2/c30-22-16-24(41-18-22)25-27(35-14-12-34(13-15-35)23-4-2-1-3-5-23)42-19-37(25)33-26(38)21-6-9-29(31,32-17-21)36-10-7-20(8-11-36)28(39)40/h6,9,16-18,20,23,32H,1-5,7-8,10-15,19H2,(H,33,38)(H,39,40). The van der Waals surface area contributed by atoms with Gasteiger partial charge >= 0.3 is 5.97 Å². The van der Waals surface area contributed by atoms with E-state index in [4.69, 9.17) is 23.2 Å². The number of alkyl halides is 1. The zero-order chi connectivity index (χ0) is 29.3. The van der Waals surface area contributed by atoms with Crippen LogP contribution in [0.3, 0.4) is 0 Å². The molecule has 228 valence electrons. The van der Waals surface area contributed by atoms with Crippen LogP contribution in [0.1, 0.15) is 49.8 Å². The van der Waals surface area contributed by atoms with E-state index in [0.717, 1.165) is 42.8 Å². The zero-order valence-corrected chi connectivity index (χ0v) is 26.7. The number of carboxylic acid groups (broad SMARTS) is 1. The van der Waals surface area contributed by atoms with E-state index in [-0.39, 0.29) is 11.8 Å². The van der Waals surface area contributed by atoms with Gasteiger partial charge in [-0.1, -0.05) is 54.2 Å². The van der Waals surface area contributed by atoms with Crippen LogP contribution in [0.25, 0.3) is 5.70 Å². The number of hydrogen-bond acceptors (Lipinski definition) is 9. The number of aliphatic carboxylic acids is 1. The summed E-state index contributed by atoms with van der Waals surface area (Å²) in [6.07, 6.45) is 13.0. The van der Waals surface area contributed by atoms with Crippen LogP contribution < -0.4 is 10.7 Å². The summed E-state index contributed by atoms with van der Waals surface area (Å²) in [5.74, 6) is -0.717. The Morgan fingerprint density at radius 3 is 2.40 bits per heavy atom. The first-order valence-corrected chi connectivity index (χ1v) is 17.5. The van der Waals surface area contributed by atoms with Crippen LogP contribution in [0.4, 0.5) is 0 Å². The molecule has 3 N–H and O–H groups in total. The van der Waals surface area contributed by atoms with E-state index in [1.807, 2.05) is 21.4 Å². The van der Waals surface area contributed by atoms with E-state index in [1.165, 1.54) is 37.1 Å². The molecule has 1 saturated carbocycles. The maximum atomic E-state index is 13.4. The third-order valence-electron chi connectivity index (χ3n) is 9.01. The van der Waals surface area contributed by atoms with Gasteiger partial charge in [0.25, 0.3) is 5.91 Å². The third-order valence-corrected chi connectivity index (χ3v) is 11.9. The molecule has 1 aromatic rings. The molecule has 3 fully saturated rings. The van der Waals surface area contributed by atoms with Crippen LogP contribution in [0.15, 0.2) is 40.4 Å². The highest BCUT2D eigenvalue weighted by molar-refractivity contribution is 8.03. The number of carbonyl (C=O) groups excluding carboxylic acids is 1. The molecule has 13 heteroatoms. The van der Waals surface area contributed by atoms with Crippen molar-refractivity contribution in [3.05, 3.63) is 50.3 Å². The Morgan fingerprint density at radius 1 is 1.05 bits per heavy atom. The second-order valence-corrected chi connectivity index (χ2v) is 14.4. The molecule has 0 bridgehead atoms. The average molecular weight is 654 g/mol. The molecule has 9 nitrogen and oxygen atoms in total. The molecule has 42 heavy (non-hydrogen) atoms. The van der Waals surface area contributed by atoms with Gasteiger partial charge in [0.15, 0.2) is 5.12 Å². The smallest absolute Gasteiger partial charge is 0.306 e. The summed E-state index contributed by atoms with van der Waals surface area (Å²) in [7, 11) is 0. The Kier molecular flexibility index (Phi) is 9.33. The fraction of sp³-hybridized carbons (Fsp3) is 0.586. The van der Waals surface area contributed by atoms with Crippen molar-refractivity contribution < 1.29 is 14.7 Å². The van der Waals surface area contributed by atoms with Crippen LogP contribution in [0, 0.1) is 5.92 Å². The highest BCUT2D eigenvalue weighted by Gasteiger charge is 2.38. The number of nitrogens with one attached hydrogen (secondary N) is 2. The predicted molar refractivity (Wildman–Crippen MR) is 170 cm³/mol. The van der Waals surface area contributed by atoms with Crippen molar-refractivity contribution in [2.45, 2.75) is 56.1 Å². The highest BCUT2D eigenvalue weighted by Crippen LogP contribution is 2.42. The lowest BCUT2D eigenvalue weighted by Gasteiger charge is -2.42. The van der Waals surface area contributed by atoms with Gasteiger partial charge in [-0.05, 0) is 43.9 Å². The summed E-state index contributed by atoms with van der Waals surface area (Å²) in [5.41, 5.74) is 4.59. The fourth-order valence-corrected chi connectivity index (χ4v) is 9.21. The van der Waals surface area contributed by atoms with Gasteiger partial charge in [-0.2, -0.15) is 0 Å². The number of dihydropyridines is 1. The maximum Gasteiger partial charge on any atom is 0.306 e. The monoisotopic (exact) mass is 652 g/mol. The first-order valence-electron chi connectivity index (χ1n) is 14.8. The number of nitrogens with zero attached hydrogens (tertiary/aromatic N) is 4. The first-order chi connectivity index (χ1) is 20.3. The fourth-order valence-electron chi connectivity index (χ4n) is 6.57. The minimum Gasteiger partial charge on any atom is -0.481 e. The van der Waals surface area contributed by atoms with Gasteiger partial charge in [-0.15, -0.1) is 11.3 Å². The van der Waals surface area contributed by atoms with E-state index in [9.17, 15) is 14.7 Å². The second-order valence-electron chi connectivity index (χ2n) is 11.6. The van der Waals surface area contributed by atoms with E-state index in [1.54, 1.807) is 41.5 Å². The maximum absolute atomic E-state index is 13.4. The average Bonchev–Trinajstić information content (AvgIpc) is 3.63. The Balaban J connectivity index is 1.11. The van der Waals surface area contributed by atoms with Crippen molar-refractivity contribution in [3.8, 4) is 0 Å². The van der Waals surface area contributed by atoms with Crippen molar-refractivity contribution >= 4 is 63.9 Å². The van der Waals surface area contributed by atoms with Gasteiger partial charge < -0.3 is 15.3 Å². The van der Waals surface area contributed by atoms with Gasteiger partial charge in [-0.3, -0.25) is 29.8 Å². The van der Waals surface area contributed by atoms with E-state index in [2.05, 4.69) is 20.5 Å². The molecular weight excluding hydrogens is 615 g/mol. The lowest BCUT2D eigenvalue weighted by molar-refractivity contribution is -0.143. The van der Waals surface area contributed by atoms with Gasteiger partial charge in [0.1, 0.15) is 5.70 Å². The number of halogens is 2. The summed E-state index contributed by atoms with van der Waals surface area (Å²) < 4.78 is 0. The Labute approximate surface area is 265 Å². The number of thiophene rings is 1. The number of hydrazine groups is 1.